The van der Waals surface area contributed by atoms with E-state index in [2.05, 4.69) is 41.5 Å². The van der Waals surface area contributed by atoms with Crippen LogP contribution in [0.25, 0.3) is 0 Å². The van der Waals surface area contributed by atoms with Crippen molar-refractivity contribution in [1.29, 1.82) is 0 Å². The second-order valence-electron chi connectivity index (χ2n) is 8.55. The highest BCUT2D eigenvalue weighted by molar-refractivity contribution is 8.18. The Labute approximate surface area is 154 Å². The Kier molecular flexibility index (Phi) is 6.37. The van der Waals surface area contributed by atoms with Crippen molar-refractivity contribution in [3.63, 3.8) is 0 Å². The van der Waals surface area contributed by atoms with Crippen LogP contribution in [0.2, 0.25) is 0 Å². The molecule has 0 amide bonds. The van der Waals surface area contributed by atoms with Gasteiger partial charge in [-0.3, -0.25) is 4.79 Å². The Bertz CT molecular complexity index is 573. The number of aromatic hydroxyl groups is 1. The van der Waals surface area contributed by atoms with Crippen molar-refractivity contribution in [2.45, 2.75) is 75.2 Å². The van der Waals surface area contributed by atoms with Gasteiger partial charge in [-0.25, -0.2) is 0 Å². The molecule has 3 nitrogen and oxygen atoms in total. The number of carboxylic acid groups (broad SMARTS) is 1. The number of rotatable bonds is 5. The molecule has 0 aliphatic heterocycles. The minimum Gasteiger partial charge on any atom is -0.507 e. The number of benzene rings is 1. The molecule has 0 saturated heterocycles. The summed E-state index contributed by atoms with van der Waals surface area (Å²) < 4.78 is -0.264. The first-order chi connectivity index (χ1) is 10.6. The molecule has 2 N–H and O–H groups in total. The topological polar surface area (TPSA) is 57.5 Å². The predicted octanol–water partition coefficient (Wildman–Crippen LogP) is 5.63. The number of hydrogen-bond donors (Lipinski definition) is 2. The van der Waals surface area contributed by atoms with Gasteiger partial charge in [0.15, 0.2) is 0 Å². The zero-order valence-electron chi connectivity index (χ0n) is 16.0. The minimum absolute atomic E-state index is 0.0797. The molecular weight excluding hydrogens is 340 g/mol. The average molecular weight is 371 g/mol. The minimum atomic E-state index is -0.801. The van der Waals surface area contributed by atoms with Gasteiger partial charge in [-0.15, -0.1) is 23.5 Å². The maximum atomic E-state index is 10.9. The molecule has 0 aliphatic rings. The van der Waals surface area contributed by atoms with E-state index >= 15 is 0 Å². The lowest BCUT2D eigenvalue weighted by molar-refractivity contribution is -0.133. The van der Waals surface area contributed by atoms with Crippen molar-refractivity contribution in [1.82, 2.24) is 0 Å². The third-order valence-electron chi connectivity index (χ3n) is 3.61. The van der Waals surface area contributed by atoms with E-state index < -0.39 is 5.97 Å². The quantitative estimate of drug-likeness (QED) is 0.519. The van der Waals surface area contributed by atoms with Gasteiger partial charge in [0.2, 0.25) is 0 Å². The summed E-state index contributed by atoms with van der Waals surface area (Å²) >= 11 is 3.06. The SMILES string of the molecule is CC(C)(SCC(=O)O)Sc1cc(C(C)(C)C)c(O)c(C(C)(C)C)c1. The molecule has 0 fully saturated rings. The second-order valence-corrected chi connectivity index (χ2v) is 12.1. The number of carbonyl (C=O) groups is 1. The van der Waals surface area contributed by atoms with Gasteiger partial charge in [0.1, 0.15) is 5.75 Å². The van der Waals surface area contributed by atoms with Crippen molar-refractivity contribution in [3.05, 3.63) is 23.3 Å². The van der Waals surface area contributed by atoms with E-state index in [1.165, 1.54) is 11.8 Å². The monoisotopic (exact) mass is 370 g/mol. The molecule has 1 aromatic carbocycles. The van der Waals surface area contributed by atoms with Crippen LogP contribution in [0.5, 0.6) is 5.75 Å². The summed E-state index contributed by atoms with van der Waals surface area (Å²) in [5.74, 6) is -0.350. The first-order valence-corrected chi connectivity index (χ1v) is 9.86. The summed E-state index contributed by atoms with van der Waals surface area (Å²) in [5, 5.41) is 19.7. The third kappa shape index (κ3) is 5.92. The number of aliphatic carboxylic acids is 1. The molecule has 0 heterocycles. The highest BCUT2D eigenvalue weighted by Gasteiger charge is 2.29. The Hall–Kier alpha value is -0.810. The molecule has 0 aromatic heterocycles. The Morgan fingerprint density at radius 1 is 0.958 bits per heavy atom. The molecule has 5 heteroatoms. The van der Waals surface area contributed by atoms with Crippen LogP contribution in [-0.4, -0.2) is 26.0 Å². The van der Waals surface area contributed by atoms with Gasteiger partial charge in [-0.1, -0.05) is 41.5 Å². The average Bonchev–Trinajstić information content (AvgIpc) is 2.35. The number of thioether (sulfide) groups is 2. The number of hydrogen-bond acceptors (Lipinski definition) is 4. The first kappa shape index (κ1) is 21.2. The van der Waals surface area contributed by atoms with Crippen LogP contribution in [0.4, 0.5) is 0 Å². The van der Waals surface area contributed by atoms with Crippen molar-refractivity contribution in [3.8, 4) is 5.75 Å². The van der Waals surface area contributed by atoms with E-state index in [0.717, 1.165) is 16.0 Å². The largest absolute Gasteiger partial charge is 0.507 e. The zero-order chi connectivity index (χ0) is 18.9. The van der Waals surface area contributed by atoms with Gasteiger partial charge in [0, 0.05) is 16.0 Å². The van der Waals surface area contributed by atoms with Gasteiger partial charge < -0.3 is 10.2 Å². The van der Waals surface area contributed by atoms with Crippen LogP contribution in [0.15, 0.2) is 17.0 Å². The lowest BCUT2D eigenvalue weighted by atomic mass is 9.79. The fraction of sp³-hybridized carbons (Fsp3) is 0.632. The summed E-state index contributed by atoms with van der Waals surface area (Å²) in [5.41, 5.74) is 1.52. The van der Waals surface area contributed by atoms with Crippen LogP contribution in [-0.2, 0) is 15.6 Å². The van der Waals surface area contributed by atoms with Crippen molar-refractivity contribution in [2.24, 2.45) is 0 Å². The van der Waals surface area contributed by atoms with Gasteiger partial charge in [0.05, 0.1) is 9.83 Å². The van der Waals surface area contributed by atoms with Gasteiger partial charge in [0.25, 0.3) is 0 Å². The Morgan fingerprint density at radius 3 is 1.71 bits per heavy atom. The van der Waals surface area contributed by atoms with E-state index in [9.17, 15) is 9.90 Å². The van der Waals surface area contributed by atoms with E-state index in [0.29, 0.717) is 5.75 Å². The van der Waals surface area contributed by atoms with Gasteiger partial charge in [-0.05, 0) is 36.8 Å². The number of carboxylic acids is 1. The molecule has 1 aromatic rings. The highest BCUT2D eigenvalue weighted by Crippen LogP contribution is 2.46. The molecule has 1 rings (SSSR count). The van der Waals surface area contributed by atoms with Gasteiger partial charge in [-0.2, -0.15) is 0 Å². The Morgan fingerprint density at radius 2 is 1.38 bits per heavy atom. The summed E-state index contributed by atoms with van der Waals surface area (Å²) in [6.45, 7) is 16.6. The lowest BCUT2D eigenvalue weighted by Gasteiger charge is -2.30. The highest BCUT2D eigenvalue weighted by atomic mass is 32.2. The van der Waals surface area contributed by atoms with Crippen LogP contribution in [0.1, 0.15) is 66.5 Å². The van der Waals surface area contributed by atoms with E-state index in [4.69, 9.17) is 5.11 Å². The van der Waals surface area contributed by atoms with E-state index in [1.54, 1.807) is 11.8 Å². The predicted molar refractivity (Wildman–Crippen MR) is 106 cm³/mol. The molecular formula is C19H30O3S2. The fourth-order valence-corrected chi connectivity index (χ4v) is 4.45. The summed E-state index contributed by atoms with van der Waals surface area (Å²) in [7, 11) is 0. The van der Waals surface area contributed by atoms with Crippen LogP contribution >= 0.6 is 23.5 Å². The Balaban J connectivity index is 3.31. The molecule has 0 aliphatic carbocycles. The van der Waals surface area contributed by atoms with Crippen molar-refractivity contribution < 1.29 is 15.0 Å². The molecule has 136 valence electrons. The maximum Gasteiger partial charge on any atom is 0.313 e. The molecule has 0 saturated carbocycles. The smallest absolute Gasteiger partial charge is 0.313 e. The molecule has 24 heavy (non-hydrogen) atoms. The molecule has 0 unspecified atom stereocenters. The molecule has 0 spiro atoms. The number of phenols is 1. The van der Waals surface area contributed by atoms with E-state index in [1.807, 2.05) is 26.0 Å². The fourth-order valence-electron chi connectivity index (χ4n) is 2.36. The first-order valence-electron chi connectivity index (χ1n) is 8.06. The molecule has 0 radical (unpaired) electrons. The van der Waals surface area contributed by atoms with Gasteiger partial charge >= 0.3 is 5.97 Å². The van der Waals surface area contributed by atoms with Crippen LogP contribution in [0.3, 0.4) is 0 Å². The van der Waals surface area contributed by atoms with Crippen molar-refractivity contribution >= 4 is 29.5 Å². The normalized spacial score (nSPS) is 13.2. The lowest BCUT2D eigenvalue weighted by Crippen LogP contribution is -2.18. The van der Waals surface area contributed by atoms with Crippen LogP contribution < -0.4 is 0 Å². The maximum absolute atomic E-state index is 10.9. The third-order valence-corrected chi connectivity index (χ3v) is 6.26. The standard InChI is InChI=1S/C19H30O3S2/c1-17(2,3)13-9-12(10-14(16(13)22)18(4,5)6)24-19(7,8)23-11-15(20)21/h9-10,22H,11H2,1-8H3,(H,20,21). The molecule has 0 bridgehead atoms. The summed E-state index contributed by atoms with van der Waals surface area (Å²) in [6.07, 6.45) is 0. The van der Waals surface area contributed by atoms with Crippen molar-refractivity contribution in [2.75, 3.05) is 5.75 Å². The zero-order valence-corrected chi connectivity index (χ0v) is 17.6. The molecule has 0 atom stereocenters. The number of phenolic OH excluding ortho intramolecular Hbond substituents is 1. The summed E-state index contributed by atoms with van der Waals surface area (Å²) in [6, 6.07) is 4.08. The summed E-state index contributed by atoms with van der Waals surface area (Å²) in [4.78, 5) is 11.9. The van der Waals surface area contributed by atoms with Crippen LogP contribution in [0, 0.1) is 0 Å². The second kappa shape index (κ2) is 7.20. The van der Waals surface area contributed by atoms with E-state index in [-0.39, 0.29) is 20.7 Å².